The Morgan fingerprint density at radius 3 is 2.45 bits per heavy atom. The van der Waals surface area contributed by atoms with E-state index in [1.54, 1.807) is 12.4 Å². The fraction of sp³-hybridized carbons (Fsp3) is 0.261. The number of fused-ring (bicyclic) bond motifs is 1. The fourth-order valence-corrected chi connectivity index (χ4v) is 4.97. The van der Waals surface area contributed by atoms with Gasteiger partial charge in [-0.1, -0.05) is 12.1 Å². The zero-order valence-corrected chi connectivity index (χ0v) is 18.0. The first-order valence-electron chi connectivity index (χ1n) is 10.2. The van der Waals surface area contributed by atoms with E-state index in [2.05, 4.69) is 16.0 Å². The second-order valence-electron chi connectivity index (χ2n) is 7.97. The maximum Gasteiger partial charge on any atom is 0.227 e. The van der Waals surface area contributed by atoms with Gasteiger partial charge in [-0.25, -0.2) is 8.42 Å². The quantitative estimate of drug-likeness (QED) is 0.630. The number of amides is 1. The number of hydrogen-bond acceptors (Lipinski definition) is 5. The van der Waals surface area contributed by atoms with Crippen LogP contribution in [0.2, 0.25) is 0 Å². The minimum atomic E-state index is -3.29. The molecule has 0 radical (unpaired) electrons. The van der Waals surface area contributed by atoms with E-state index in [0.29, 0.717) is 19.5 Å². The van der Waals surface area contributed by atoms with Crippen LogP contribution in [0.1, 0.15) is 24.1 Å². The molecule has 0 spiro atoms. The van der Waals surface area contributed by atoms with Gasteiger partial charge in [0.2, 0.25) is 15.9 Å². The number of hydrogen-bond donors (Lipinski definition) is 0. The van der Waals surface area contributed by atoms with Crippen molar-refractivity contribution in [3.8, 4) is 22.3 Å². The largest absolute Gasteiger partial charge is 0.312 e. The van der Waals surface area contributed by atoms with Crippen molar-refractivity contribution in [1.29, 1.82) is 0 Å². The molecular weight excluding hydrogens is 412 g/mol. The van der Waals surface area contributed by atoms with Gasteiger partial charge in [0.1, 0.15) is 0 Å². The highest BCUT2D eigenvalue weighted by Crippen LogP contribution is 2.34. The first-order valence-corrected chi connectivity index (χ1v) is 12.0. The number of carbonyl (C=O) groups is 1. The lowest BCUT2D eigenvalue weighted by atomic mass is 9.98. The molecule has 0 atom stereocenters. The molecular formula is C23H22N4O3S. The molecule has 8 heteroatoms. The minimum Gasteiger partial charge on any atom is -0.312 e. The van der Waals surface area contributed by atoms with E-state index in [4.69, 9.17) is 0 Å². The first-order chi connectivity index (χ1) is 14.9. The average molecular weight is 435 g/mol. The summed E-state index contributed by atoms with van der Waals surface area (Å²) in [7, 11) is -3.29. The maximum atomic E-state index is 12.0. The van der Waals surface area contributed by atoms with Crippen LogP contribution in [0, 0.1) is 0 Å². The van der Waals surface area contributed by atoms with Gasteiger partial charge in [0, 0.05) is 54.9 Å². The lowest BCUT2D eigenvalue weighted by Gasteiger charge is -2.16. The van der Waals surface area contributed by atoms with Crippen molar-refractivity contribution >= 4 is 21.6 Å². The molecule has 2 aliphatic heterocycles. The summed E-state index contributed by atoms with van der Waals surface area (Å²) in [5.41, 5.74) is 6.47. The normalized spacial score (nSPS) is 16.7. The zero-order valence-electron chi connectivity index (χ0n) is 17.2. The summed E-state index contributed by atoms with van der Waals surface area (Å²) in [6, 6.07) is 11.9. The molecule has 0 saturated carbocycles. The topological polar surface area (TPSA) is 83.5 Å². The van der Waals surface area contributed by atoms with E-state index in [9.17, 15) is 13.2 Å². The molecule has 0 unspecified atom stereocenters. The Morgan fingerprint density at radius 2 is 1.74 bits per heavy atom. The number of carbonyl (C=O) groups excluding carboxylic acids is 1. The van der Waals surface area contributed by atoms with Crippen LogP contribution >= 0.6 is 0 Å². The summed E-state index contributed by atoms with van der Waals surface area (Å²) in [6.45, 7) is 1.39. The average Bonchev–Trinajstić information content (AvgIpc) is 3.40. The van der Waals surface area contributed by atoms with E-state index in [-0.39, 0.29) is 5.91 Å². The summed E-state index contributed by atoms with van der Waals surface area (Å²) in [5.74, 6) is 0.172. The second-order valence-corrected chi connectivity index (χ2v) is 9.96. The third-order valence-electron chi connectivity index (χ3n) is 5.91. The van der Waals surface area contributed by atoms with E-state index in [1.165, 1.54) is 10.6 Å². The van der Waals surface area contributed by atoms with E-state index in [1.807, 2.05) is 41.4 Å². The predicted octanol–water partition coefficient (Wildman–Crippen LogP) is 3.21. The van der Waals surface area contributed by atoms with Crippen LogP contribution in [0.25, 0.3) is 22.3 Å². The summed E-state index contributed by atoms with van der Waals surface area (Å²) in [6.07, 6.45) is 8.05. The van der Waals surface area contributed by atoms with Gasteiger partial charge in [-0.3, -0.25) is 14.8 Å². The summed E-state index contributed by atoms with van der Waals surface area (Å²) in [4.78, 5) is 22.6. The van der Waals surface area contributed by atoms with Crippen molar-refractivity contribution in [2.45, 2.75) is 25.9 Å². The Bertz CT molecular complexity index is 1270. The number of benzene rings is 1. The number of sulfonamides is 1. The molecule has 7 nitrogen and oxygen atoms in total. The van der Waals surface area contributed by atoms with Crippen molar-refractivity contribution in [1.82, 2.24) is 14.3 Å². The fourth-order valence-electron chi connectivity index (χ4n) is 4.25. The molecule has 158 valence electrons. The van der Waals surface area contributed by atoms with Crippen LogP contribution < -0.4 is 4.90 Å². The lowest BCUT2D eigenvalue weighted by molar-refractivity contribution is -0.117. The molecule has 31 heavy (non-hydrogen) atoms. The van der Waals surface area contributed by atoms with Crippen molar-refractivity contribution < 1.29 is 13.2 Å². The highest BCUT2D eigenvalue weighted by atomic mass is 32.2. The van der Waals surface area contributed by atoms with Gasteiger partial charge in [-0.15, -0.1) is 0 Å². The van der Waals surface area contributed by atoms with Crippen LogP contribution in [-0.2, 0) is 27.9 Å². The summed E-state index contributed by atoms with van der Waals surface area (Å²) in [5, 5.41) is 0. The van der Waals surface area contributed by atoms with Gasteiger partial charge in [0.15, 0.2) is 0 Å². The number of anilines is 1. The Labute approximate surface area is 181 Å². The van der Waals surface area contributed by atoms with E-state index >= 15 is 0 Å². The zero-order chi connectivity index (χ0) is 21.6. The van der Waals surface area contributed by atoms with Crippen LogP contribution in [0.4, 0.5) is 5.69 Å². The molecule has 1 fully saturated rings. The van der Waals surface area contributed by atoms with Crippen molar-refractivity contribution in [3.05, 3.63) is 66.2 Å². The SMILES string of the molecule is CS(=O)(=O)N1Cc2nccc(-c3cncc(-c4ccc(N5CCCC5=O)cc4)c3)c2C1. The molecule has 2 aromatic heterocycles. The van der Waals surface area contributed by atoms with Crippen LogP contribution in [0.15, 0.2) is 55.0 Å². The molecule has 1 saturated heterocycles. The molecule has 0 aliphatic carbocycles. The smallest absolute Gasteiger partial charge is 0.227 e. The molecule has 3 aromatic rings. The first kappa shape index (κ1) is 19.8. The van der Waals surface area contributed by atoms with Gasteiger partial charge >= 0.3 is 0 Å². The van der Waals surface area contributed by atoms with Gasteiger partial charge in [-0.2, -0.15) is 4.31 Å². The third-order valence-corrected chi connectivity index (χ3v) is 7.11. The lowest BCUT2D eigenvalue weighted by Crippen LogP contribution is -2.23. The molecule has 0 bridgehead atoms. The molecule has 0 N–H and O–H groups in total. The van der Waals surface area contributed by atoms with Crippen molar-refractivity contribution in [3.63, 3.8) is 0 Å². The molecule has 5 rings (SSSR count). The van der Waals surface area contributed by atoms with E-state index < -0.39 is 10.0 Å². The van der Waals surface area contributed by atoms with E-state index in [0.717, 1.165) is 52.2 Å². The Morgan fingerprint density at radius 1 is 0.968 bits per heavy atom. The molecule has 1 aromatic carbocycles. The Kier molecular flexibility index (Phi) is 4.83. The van der Waals surface area contributed by atoms with Crippen LogP contribution in [0.5, 0.6) is 0 Å². The highest BCUT2D eigenvalue weighted by molar-refractivity contribution is 7.88. The number of rotatable bonds is 4. The maximum absolute atomic E-state index is 12.0. The molecule has 4 heterocycles. The monoisotopic (exact) mass is 434 g/mol. The van der Waals surface area contributed by atoms with Gasteiger partial charge in [0.25, 0.3) is 0 Å². The predicted molar refractivity (Wildman–Crippen MR) is 119 cm³/mol. The molecule has 2 aliphatic rings. The Balaban J connectivity index is 1.46. The van der Waals surface area contributed by atoms with Gasteiger partial charge < -0.3 is 4.90 Å². The Hall–Kier alpha value is -3.10. The number of pyridine rings is 2. The summed E-state index contributed by atoms with van der Waals surface area (Å²) >= 11 is 0. The van der Waals surface area contributed by atoms with Crippen molar-refractivity contribution in [2.75, 3.05) is 17.7 Å². The van der Waals surface area contributed by atoms with Gasteiger partial charge in [-0.05, 0) is 47.4 Å². The second kappa shape index (κ2) is 7.55. The molecule has 1 amide bonds. The van der Waals surface area contributed by atoms with Crippen molar-refractivity contribution in [2.24, 2.45) is 0 Å². The van der Waals surface area contributed by atoms with Gasteiger partial charge in [0.05, 0.1) is 18.5 Å². The van der Waals surface area contributed by atoms with Crippen LogP contribution in [0.3, 0.4) is 0 Å². The highest BCUT2D eigenvalue weighted by Gasteiger charge is 2.29. The third kappa shape index (κ3) is 3.73. The number of aromatic nitrogens is 2. The summed E-state index contributed by atoms with van der Waals surface area (Å²) < 4.78 is 25.4. The minimum absolute atomic E-state index is 0.172. The number of nitrogens with zero attached hydrogens (tertiary/aromatic N) is 4. The standard InChI is InChI=1S/C23H22N4O3S/c1-31(29,30)26-14-21-20(8-9-25-22(21)15-26)18-11-17(12-24-13-18)16-4-6-19(7-5-16)27-10-2-3-23(27)28/h4-9,11-13H,2-3,10,14-15H2,1H3. The van der Waals surface area contributed by atoms with Crippen LogP contribution in [-0.4, -0.2) is 41.4 Å².